The van der Waals surface area contributed by atoms with E-state index in [1.54, 1.807) is 0 Å². The second-order valence-electron chi connectivity index (χ2n) is 6.15. The van der Waals surface area contributed by atoms with Gasteiger partial charge in [0.15, 0.2) is 0 Å². The molecule has 1 unspecified atom stereocenters. The van der Waals surface area contributed by atoms with Crippen molar-refractivity contribution in [2.45, 2.75) is 32.4 Å². The van der Waals surface area contributed by atoms with Crippen LogP contribution in [0.2, 0.25) is 0 Å². The van der Waals surface area contributed by atoms with Crippen molar-refractivity contribution in [3.63, 3.8) is 0 Å². The summed E-state index contributed by atoms with van der Waals surface area (Å²) in [6, 6.07) is 11.8. The van der Waals surface area contributed by atoms with Gasteiger partial charge in [0, 0.05) is 6.54 Å². The standard InChI is InChI=1S/C18H18N4O2/c1-11-3-2-4-14-13(11)6-8-15(14)20-18(23)19-10-12-5-7-16-17(9-12)22-24-21-16/h2-5,7,9,15H,6,8,10H2,1H3,(H2,19,20,23). The summed E-state index contributed by atoms with van der Waals surface area (Å²) >= 11 is 0. The lowest BCUT2D eigenvalue weighted by Crippen LogP contribution is -2.36. The van der Waals surface area contributed by atoms with E-state index in [0.29, 0.717) is 17.6 Å². The van der Waals surface area contributed by atoms with Crippen LogP contribution in [0.25, 0.3) is 11.0 Å². The number of fused-ring (bicyclic) bond motifs is 2. The van der Waals surface area contributed by atoms with Gasteiger partial charge in [0.1, 0.15) is 11.0 Å². The van der Waals surface area contributed by atoms with Crippen LogP contribution in [0, 0.1) is 6.92 Å². The number of nitrogens with zero attached hydrogens (tertiary/aromatic N) is 2. The van der Waals surface area contributed by atoms with Crippen LogP contribution in [-0.2, 0) is 13.0 Å². The van der Waals surface area contributed by atoms with Crippen molar-refractivity contribution in [3.8, 4) is 0 Å². The molecular weight excluding hydrogens is 304 g/mol. The molecule has 0 saturated heterocycles. The molecule has 122 valence electrons. The monoisotopic (exact) mass is 322 g/mol. The molecule has 0 fully saturated rings. The van der Waals surface area contributed by atoms with Gasteiger partial charge in [0.25, 0.3) is 0 Å². The lowest BCUT2D eigenvalue weighted by Gasteiger charge is -2.15. The topological polar surface area (TPSA) is 80.0 Å². The highest BCUT2D eigenvalue weighted by atomic mass is 16.6. The van der Waals surface area contributed by atoms with Gasteiger partial charge in [-0.2, -0.15) is 0 Å². The third-order valence-corrected chi connectivity index (χ3v) is 4.58. The summed E-state index contributed by atoms with van der Waals surface area (Å²) in [5.41, 5.74) is 6.26. The van der Waals surface area contributed by atoms with E-state index in [-0.39, 0.29) is 12.1 Å². The van der Waals surface area contributed by atoms with Crippen LogP contribution in [0.15, 0.2) is 41.0 Å². The predicted molar refractivity (Wildman–Crippen MR) is 89.4 cm³/mol. The van der Waals surface area contributed by atoms with Crippen molar-refractivity contribution in [1.82, 2.24) is 20.9 Å². The van der Waals surface area contributed by atoms with E-state index in [1.165, 1.54) is 16.7 Å². The SMILES string of the molecule is Cc1cccc2c1CCC2NC(=O)NCc1ccc2nonc2c1. The molecule has 0 radical (unpaired) electrons. The molecule has 6 nitrogen and oxygen atoms in total. The first kappa shape index (κ1) is 14.7. The third kappa shape index (κ3) is 2.71. The van der Waals surface area contributed by atoms with Gasteiger partial charge in [-0.3, -0.25) is 0 Å². The maximum absolute atomic E-state index is 12.2. The van der Waals surface area contributed by atoms with E-state index in [2.05, 4.69) is 44.6 Å². The van der Waals surface area contributed by atoms with Crippen molar-refractivity contribution < 1.29 is 9.42 Å². The fourth-order valence-electron chi connectivity index (χ4n) is 3.32. The number of aryl methyl sites for hydroxylation is 1. The number of hydrogen-bond donors (Lipinski definition) is 2. The molecule has 0 bridgehead atoms. The summed E-state index contributed by atoms with van der Waals surface area (Å²) in [6.45, 7) is 2.55. The quantitative estimate of drug-likeness (QED) is 0.777. The van der Waals surface area contributed by atoms with E-state index >= 15 is 0 Å². The average molecular weight is 322 g/mol. The summed E-state index contributed by atoms with van der Waals surface area (Å²) in [5, 5.41) is 13.5. The highest BCUT2D eigenvalue weighted by Gasteiger charge is 2.24. The Labute approximate surface area is 139 Å². The number of rotatable bonds is 3. The smallest absolute Gasteiger partial charge is 0.315 e. The second kappa shape index (κ2) is 5.96. The minimum atomic E-state index is -0.160. The Morgan fingerprint density at radius 3 is 3.04 bits per heavy atom. The molecule has 1 heterocycles. The van der Waals surface area contributed by atoms with E-state index in [1.807, 2.05) is 24.3 Å². The van der Waals surface area contributed by atoms with Crippen LogP contribution in [0.4, 0.5) is 4.79 Å². The minimum Gasteiger partial charge on any atom is -0.334 e. The first-order valence-corrected chi connectivity index (χ1v) is 8.04. The number of aromatic nitrogens is 2. The zero-order chi connectivity index (χ0) is 16.5. The molecule has 2 amide bonds. The Balaban J connectivity index is 1.38. The molecule has 3 aromatic rings. The first-order valence-electron chi connectivity index (χ1n) is 8.04. The molecular formula is C18H18N4O2. The maximum Gasteiger partial charge on any atom is 0.315 e. The second-order valence-corrected chi connectivity index (χ2v) is 6.15. The number of nitrogens with one attached hydrogen (secondary N) is 2. The van der Waals surface area contributed by atoms with Crippen molar-refractivity contribution in [2.75, 3.05) is 0 Å². The Morgan fingerprint density at radius 2 is 2.12 bits per heavy atom. The summed E-state index contributed by atoms with van der Waals surface area (Å²) in [7, 11) is 0. The van der Waals surface area contributed by atoms with Gasteiger partial charge in [-0.1, -0.05) is 24.3 Å². The Bertz CT molecular complexity index is 903. The van der Waals surface area contributed by atoms with Crippen LogP contribution in [0.3, 0.4) is 0 Å². The normalized spacial score (nSPS) is 16.1. The highest BCUT2D eigenvalue weighted by molar-refractivity contribution is 5.76. The molecule has 1 aromatic heterocycles. The molecule has 1 aliphatic rings. The molecule has 0 aliphatic heterocycles. The fraction of sp³-hybridized carbons (Fsp3) is 0.278. The summed E-state index contributed by atoms with van der Waals surface area (Å²) < 4.78 is 4.68. The number of amides is 2. The van der Waals surface area contributed by atoms with Crippen molar-refractivity contribution >= 4 is 17.1 Å². The van der Waals surface area contributed by atoms with E-state index in [4.69, 9.17) is 0 Å². The Hall–Kier alpha value is -2.89. The van der Waals surface area contributed by atoms with Gasteiger partial charge < -0.3 is 10.6 Å². The van der Waals surface area contributed by atoms with Gasteiger partial charge in [0.2, 0.25) is 0 Å². The predicted octanol–water partition coefficient (Wildman–Crippen LogP) is 3.02. The number of benzene rings is 2. The van der Waals surface area contributed by atoms with Gasteiger partial charge in [-0.05, 0) is 64.5 Å². The molecule has 2 N–H and O–H groups in total. The van der Waals surface area contributed by atoms with Gasteiger partial charge in [0.05, 0.1) is 6.04 Å². The largest absolute Gasteiger partial charge is 0.334 e. The molecule has 4 rings (SSSR count). The molecule has 0 spiro atoms. The summed E-state index contributed by atoms with van der Waals surface area (Å²) in [6.07, 6.45) is 1.97. The fourth-order valence-corrected chi connectivity index (χ4v) is 3.32. The Kier molecular flexibility index (Phi) is 3.65. The number of carbonyl (C=O) groups is 1. The van der Waals surface area contributed by atoms with Gasteiger partial charge >= 0.3 is 6.03 Å². The zero-order valence-corrected chi connectivity index (χ0v) is 13.4. The lowest BCUT2D eigenvalue weighted by molar-refractivity contribution is 0.236. The van der Waals surface area contributed by atoms with Gasteiger partial charge in [-0.15, -0.1) is 0 Å². The van der Waals surface area contributed by atoms with Crippen LogP contribution in [0.1, 0.15) is 34.7 Å². The van der Waals surface area contributed by atoms with E-state index in [0.717, 1.165) is 18.4 Å². The molecule has 24 heavy (non-hydrogen) atoms. The van der Waals surface area contributed by atoms with Crippen LogP contribution >= 0.6 is 0 Å². The molecule has 1 atom stereocenters. The average Bonchev–Trinajstić information content (AvgIpc) is 3.20. The van der Waals surface area contributed by atoms with Gasteiger partial charge in [-0.25, -0.2) is 9.42 Å². The molecule has 2 aromatic carbocycles. The molecule has 6 heteroatoms. The molecule has 1 aliphatic carbocycles. The van der Waals surface area contributed by atoms with E-state index < -0.39 is 0 Å². The van der Waals surface area contributed by atoms with Crippen molar-refractivity contribution in [1.29, 1.82) is 0 Å². The number of hydrogen-bond acceptors (Lipinski definition) is 4. The zero-order valence-electron chi connectivity index (χ0n) is 13.4. The van der Waals surface area contributed by atoms with E-state index in [9.17, 15) is 4.79 Å². The lowest BCUT2D eigenvalue weighted by atomic mass is 10.0. The third-order valence-electron chi connectivity index (χ3n) is 4.58. The molecule has 0 saturated carbocycles. The Morgan fingerprint density at radius 1 is 1.25 bits per heavy atom. The summed E-state index contributed by atoms with van der Waals surface area (Å²) in [5.74, 6) is 0. The van der Waals surface area contributed by atoms with Crippen molar-refractivity contribution in [3.05, 3.63) is 58.7 Å². The number of carbonyl (C=O) groups excluding carboxylic acids is 1. The summed E-state index contributed by atoms with van der Waals surface area (Å²) in [4.78, 5) is 12.2. The first-order chi connectivity index (χ1) is 11.7. The van der Waals surface area contributed by atoms with Crippen LogP contribution in [0.5, 0.6) is 0 Å². The highest BCUT2D eigenvalue weighted by Crippen LogP contribution is 2.32. The number of urea groups is 1. The van der Waals surface area contributed by atoms with Crippen LogP contribution < -0.4 is 10.6 Å². The minimum absolute atomic E-state index is 0.0853. The van der Waals surface area contributed by atoms with Crippen molar-refractivity contribution in [2.24, 2.45) is 0 Å². The maximum atomic E-state index is 12.2. The van der Waals surface area contributed by atoms with Crippen LogP contribution in [-0.4, -0.2) is 16.3 Å².